The molecule has 0 radical (unpaired) electrons. The summed E-state index contributed by atoms with van der Waals surface area (Å²) in [6.07, 6.45) is 3.14. The normalized spacial score (nSPS) is 20.4. The summed E-state index contributed by atoms with van der Waals surface area (Å²) in [5.41, 5.74) is 7.13. The van der Waals surface area contributed by atoms with Crippen LogP contribution in [-0.2, 0) is 16.6 Å². The third kappa shape index (κ3) is 5.73. The van der Waals surface area contributed by atoms with E-state index in [1.54, 1.807) is 31.2 Å². The average Bonchev–Trinajstić information content (AvgIpc) is 3.00. The second-order valence-electron chi connectivity index (χ2n) is 5.93. The number of rotatable bonds is 7. The third-order valence-electron chi connectivity index (χ3n) is 4.37. The van der Waals surface area contributed by atoms with Gasteiger partial charge in [0.05, 0.1) is 5.75 Å². The molecule has 136 valence electrons. The number of carbonyl (C=O) groups excluding carboxylic acids is 1. The summed E-state index contributed by atoms with van der Waals surface area (Å²) in [4.78, 5) is 12.3. The van der Waals surface area contributed by atoms with E-state index in [2.05, 4.69) is 10.0 Å². The van der Waals surface area contributed by atoms with Crippen molar-refractivity contribution in [3.8, 4) is 0 Å². The van der Waals surface area contributed by atoms with Gasteiger partial charge in [-0.25, -0.2) is 13.1 Å². The fourth-order valence-corrected chi connectivity index (χ4v) is 3.42. The van der Waals surface area contributed by atoms with Crippen molar-refractivity contribution in [1.29, 1.82) is 0 Å². The molecule has 1 saturated carbocycles. The number of nitrogens with one attached hydrogen (secondary N) is 2. The number of hydrogen-bond acceptors (Lipinski definition) is 4. The summed E-state index contributed by atoms with van der Waals surface area (Å²) in [5.74, 6) is 0.315. The van der Waals surface area contributed by atoms with E-state index in [0.29, 0.717) is 18.0 Å². The van der Waals surface area contributed by atoms with Crippen LogP contribution in [0.2, 0.25) is 0 Å². The molecule has 24 heavy (non-hydrogen) atoms. The highest BCUT2D eigenvalue weighted by Gasteiger charge is 2.27. The van der Waals surface area contributed by atoms with Crippen LogP contribution in [-0.4, -0.2) is 32.7 Å². The van der Waals surface area contributed by atoms with Crippen molar-refractivity contribution in [2.45, 2.75) is 38.8 Å². The first-order valence-corrected chi connectivity index (χ1v) is 9.67. The van der Waals surface area contributed by atoms with Gasteiger partial charge in [0.15, 0.2) is 0 Å². The topological polar surface area (TPSA) is 101 Å². The van der Waals surface area contributed by atoms with Gasteiger partial charge in [-0.15, -0.1) is 12.4 Å². The monoisotopic (exact) mass is 375 g/mol. The van der Waals surface area contributed by atoms with E-state index >= 15 is 0 Å². The van der Waals surface area contributed by atoms with E-state index < -0.39 is 10.0 Å². The quantitative estimate of drug-likeness (QED) is 0.670. The van der Waals surface area contributed by atoms with Crippen LogP contribution in [0.15, 0.2) is 24.3 Å². The molecule has 2 rings (SSSR count). The lowest BCUT2D eigenvalue weighted by atomic mass is 10.0. The van der Waals surface area contributed by atoms with Crippen LogP contribution >= 0.6 is 12.4 Å². The minimum atomic E-state index is -3.21. The van der Waals surface area contributed by atoms with Gasteiger partial charge in [-0.3, -0.25) is 4.79 Å². The summed E-state index contributed by atoms with van der Waals surface area (Å²) < 4.78 is 25.3. The summed E-state index contributed by atoms with van der Waals surface area (Å²) in [6, 6.07) is 7.13. The third-order valence-corrected chi connectivity index (χ3v) is 5.71. The van der Waals surface area contributed by atoms with Crippen LogP contribution in [0, 0.1) is 5.92 Å². The summed E-state index contributed by atoms with van der Waals surface area (Å²) in [6.45, 7) is 2.42. The van der Waals surface area contributed by atoms with Gasteiger partial charge in [-0.05, 0) is 49.9 Å². The summed E-state index contributed by atoms with van der Waals surface area (Å²) >= 11 is 0. The Kier molecular flexibility index (Phi) is 8.15. The second kappa shape index (κ2) is 9.36. The molecular formula is C16H26ClN3O3S. The Balaban J connectivity index is 0.00000288. The predicted molar refractivity (Wildman–Crippen MR) is 97.6 cm³/mol. The standard InChI is InChI=1S/C16H25N3O3S.ClH/c1-2-23(21,22)18-11-12-6-8-13(9-7-12)16(20)19-15-5-3-4-14(15)10-17;/h6-9,14-15,18H,2-5,10-11,17H2,1H3,(H,19,20);1H. The zero-order chi connectivity index (χ0) is 16.9. The lowest BCUT2D eigenvalue weighted by molar-refractivity contribution is 0.0928. The van der Waals surface area contributed by atoms with Gasteiger partial charge in [-0.2, -0.15) is 0 Å². The molecule has 2 atom stereocenters. The molecule has 1 aromatic carbocycles. The van der Waals surface area contributed by atoms with Crippen molar-refractivity contribution in [2.24, 2.45) is 11.7 Å². The van der Waals surface area contributed by atoms with Crippen LogP contribution in [0.3, 0.4) is 0 Å². The van der Waals surface area contributed by atoms with E-state index in [9.17, 15) is 13.2 Å². The zero-order valence-corrected chi connectivity index (χ0v) is 15.5. The van der Waals surface area contributed by atoms with Crippen molar-refractivity contribution in [3.63, 3.8) is 0 Å². The van der Waals surface area contributed by atoms with Gasteiger partial charge >= 0.3 is 0 Å². The second-order valence-corrected chi connectivity index (χ2v) is 8.02. The molecule has 4 N–H and O–H groups in total. The number of amides is 1. The molecule has 0 spiro atoms. The average molecular weight is 376 g/mol. The van der Waals surface area contributed by atoms with E-state index in [0.717, 1.165) is 24.8 Å². The van der Waals surface area contributed by atoms with Crippen molar-refractivity contribution in [2.75, 3.05) is 12.3 Å². The number of carbonyl (C=O) groups is 1. The number of benzene rings is 1. The summed E-state index contributed by atoms with van der Waals surface area (Å²) in [7, 11) is -3.21. The Hall–Kier alpha value is -1.15. The van der Waals surface area contributed by atoms with Crippen LogP contribution in [0.1, 0.15) is 42.1 Å². The highest BCUT2D eigenvalue weighted by atomic mass is 35.5. The van der Waals surface area contributed by atoms with E-state index in [-0.39, 0.29) is 36.7 Å². The smallest absolute Gasteiger partial charge is 0.251 e. The molecule has 1 fully saturated rings. The van der Waals surface area contributed by atoms with Gasteiger partial charge in [0, 0.05) is 18.2 Å². The molecule has 0 aliphatic heterocycles. The van der Waals surface area contributed by atoms with Crippen molar-refractivity contribution >= 4 is 28.3 Å². The van der Waals surface area contributed by atoms with Gasteiger partial charge in [0.2, 0.25) is 10.0 Å². The molecule has 1 aromatic rings. The van der Waals surface area contributed by atoms with Gasteiger partial charge < -0.3 is 11.1 Å². The Morgan fingerprint density at radius 1 is 1.25 bits per heavy atom. The molecule has 1 aliphatic carbocycles. The largest absolute Gasteiger partial charge is 0.349 e. The molecular weight excluding hydrogens is 350 g/mol. The lowest BCUT2D eigenvalue weighted by Crippen LogP contribution is -2.39. The molecule has 8 heteroatoms. The molecule has 0 bridgehead atoms. The van der Waals surface area contributed by atoms with E-state index in [4.69, 9.17) is 5.73 Å². The zero-order valence-electron chi connectivity index (χ0n) is 13.8. The van der Waals surface area contributed by atoms with Crippen LogP contribution in [0.5, 0.6) is 0 Å². The first-order valence-electron chi connectivity index (χ1n) is 8.02. The Morgan fingerprint density at radius 2 is 1.92 bits per heavy atom. The molecule has 6 nitrogen and oxygen atoms in total. The Morgan fingerprint density at radius 3 is 2.50 bits per heavy atom. The number of nitrogens with two attached hydrogens (primary N) is 1. The maximum atomic E-state index is 12.3. The summed E-state index contributed by atoms with van der Waals surface area (Å²) in [5, 5.41) is 3.05. The van der Waals surface area contributed by atoms with Crippen LogP contribution in [0.25, 0.3) is 0 Å². The maximum Gasteiger partial charge on any atom is 0.251 e. The molecule has 1 amide bonds. The number of halogens is 1. The maximum absolute atomic E-state index is 12.3. The van der Waals surface area contributed by atoms with Crippen molar-refractivity contribution in [1.82, 2.24) is 10.0 Å². The first-order chi connectivity index (χ1) is 10.9. The lowest BCUT2D eigenvalue weighted by Gasteiger charge is -2.19. The highest BCUT2D eigenvalue weighted by Crippen LogP contribution is 2.24. The highest BCUT2D eigenvalue weighted by molar-refractivity contribution is 7.89. The van der Waals surface area contributed by atoms with Crippen LogP contribution in [0.4, 0.5) is 0 Å². The van der Waals surface area contributed by atoms with Crippen LogP contribution < -0.4 is 15.8 Å². The Labute approximate surface area is 150 Å². The first kappa shape index (κ1) is 20.9. The fraction of sp³-hybridized carbons (Fsp3) is 0.562. The Bertz CT molecular complexity index is 634. The fourth-order valence-electron chi connectivity index (χ4n) is 2.83. The molecule has 1 aliphatic rings. The van der Waals surface area contributed by atoms with Gasteiger partial charge in [0.25, 0.3) is 5.91 Å². The van der Waals surface area contributed by atoms with Crippen molar-refractivity contribution in [3.05, 3.63) is 35.4 Å². The minimum Gasteiger partial charge on any atom is -0.349 e. The van der Waals surface area contributed by atoms with Crippen molar-refractivity contribution < 1.29 is 13.2 Å². The van der Waals surface area contributed by atoms with E-state index in [1.807, 2.05) is 0 Å². The number of hydrogen-bond donors (Lipinski definition) is 3. The van der Waals surface area contributed by atoms with E-state index in [1.165, 1.54) is 0 Å². The SMILES string of the molecule is CCS(=O)(=O)NCc1ccc(C(=O)NC2CCCC2CN)cc1.Cl. The predicted octanol–water partition coefficient (Wildman–Crippen LogP) is 1.40. The number of sulfonamides is 1. The molecule has 0 saturated heterocycles. The molecule has 0 heterocycles. The molecule has 2 unspecified atom stereocenters. The van der Waals surface area contributed by atoms with Gasteiger partial charge in [0.1, 0.15) is 0 Å². The minimum absolute atomic E-state index is 0. The molecule has 0 aromatic heterocycles. The van der Waals surface area contributed by atoms with Gasteiger partial charge in [-0.1, -0.05) is 18.6 Å².